The summed E-state index contributed by atoms with van der Waals surface area (Å²) >= 11 is 0. The molecule has 0 spiro atoms. The minimum atomic E-state index is -0.0604. The van der Waals surface area contributed by atoms with E-state index in [4.69, 9.17) is 23.7 Å². The Morgan fingerprint density at radius 2 is 1.29 bits per heavy atom. The molecule has 0 fully saturated rings. The molecule has 0 unspecified atom stereocenters. The molecule has 0 saturated carbocycles. The van der Waals surface area contributed by atoms with E-state index >= 15 is 0 Å². The van der Waals surface area contributed by atoms with Crippen LogP contribution in [0.25, 0.3) is 0 Å². The molecule has 0 atom stereocenters. The van der Waals surface area contributed by atoms with Gasteiger partial charge in [0.1, 0.15) is 39.0 Å². The average Bonchev–Trinajstić information content (AvgIpc) is 3.15. The zero-order valence-corrected chi connectivity index (χ0v) is 29.2. The van der Waals surface area contributed by atoms with E-state index in [2.05, 4.69) is 36.5 Å². The largest absolute Gasteiger partial charge is 0.489 e. The van der Waals surface area contributed by atoms with Gasteiger partial charge in [-0.3, -0.25) is 19.4 Å². The minimum Gasteiger partial charge on any atom is -0.489 e. The van der Waals surface area contributed by atoms with Crippen LogP contribution < -0.4 is 34.3 Å². The van der Waals surface area contributed by atoms with Crippen LogP contribution in [-0.4, -0.2) is 71.2 Å². The topological polar surface area (TPSA) is 160 Å². The van der Waals surface area contributed by atoms with Crippen LogP contribution in [0.15, 0.2) is 66.7 Å². The second-order valence-corrected chi connectivity index (χ2v) is 12.4. The molecule has 14 heteroatoms. The maximum Gasteiger partial charge on any atom is 0.222 e. The number of hydrogen-bond donors (Lipinski definition) is 2. The first-order chi connectivity index (χ1) is 25.3. The van der Waals surface area contributed by atoms with Crippen LogP contribution in [0.2, 0.25) is 0 Å². The second-order valence-electron chi connectivity index (χ2n) is 12.4. The minimum absolute atomic E-state index is 0.0604. The van der Waals surface area contributed by atoms with Gasteiger partial charge in [0, 0.05) is 81.9 Å². The number of amides is 2. The molecule has 0 saturated heterocycles. The number of aromatic nitrogens is 2. The number of benzene rings is 2. The van der Waals surface area contributed by atoms with Crippen molar-refractivity contribution in [1.29, 1.82) is 5.26 Å². The number of hydrogen-bond acceptors (Lipinski definition) is 12. The fraction of sp³-hybridized carbons (Fsp3) is 0.342. The number of carbonyl (C=O) groups is 2. The van der Waals surface area contributed by atoms with Crippen molar-refractivity contribution in [3.05, 3.63) is 100 Å². The molecule has 4 aromatic rings. The fourth-order valence-corrected chi connectivity index (χ4v) is 5.76. The zero-order valence-electron chi connectivity index (χ0n) is 29.2. The standard InChI is InChI=1S/C38H41N7O7/c1-26(46)40-13-15-44-19-29-9-11-35(42-37(29)51-24-44)49-21-31-6-4-7-32(34(31)23-48-33-8-3-5-28(17-33)18-39)22-50-36-12-10-30-20-45(16-14-41-27(2)47)25-52-38(30)43-36/h3-12,17H,13-16,19-25H2,1-2H3,(H,40,46)(H,41,47). The van der Waals surface area contributed by atoms with Crippen LogP contribution in [0.3, 0.4) is 0 Å². The predicted molar refractivity (Wildman–Crippen MR) is 188 cm³/mol. The van der Waals surface area contributed by atoms with E-state index in [-0.39, 0.29) is 31.6 Å². The van der Waals surface area contributed by atoms with Gasteiger partial charge in [-0.05, 0) is 41.5 Å². The Bertz CT molecular complexity index is 1830. The molecule has 270 valence electrons. The molecule has 2 aromatic carbocycles. The van der Waals surface area contributed by atoms with Gasteiger partial charge in [-0.1, -0.05) is 24.3 Å². The number of nitriles is 1. The van der Waals surface area contributed by atoms with Gasteiger partial charge in [0.05, 0.1) is 11.6 Å². The summed E-state index contributed by atoms with van der Waals surface area (Å²) in [7, 11) is 0. The molecular formula is C38H41N7O7. The highest BCUT2D eigenvalue weighted by Crippen LogP contribution is 2.29. The van der Waals surface area contributed by atoms with Crippen LogP contribution in [0.4, 0.5) is 0 Å². The number of rotatable bonds is 15. The maximum absolute atomic E-state index is 11.2. The van der Waals surface area contributed by atoms with Gasteiger partial charge >= 0.3 is 0 Å². The molecule has 2 aromatic heterocycles. The van der Waals surface area contributed by atoms with Gasteiger partial charge in [0.2, 0.25) is 35.3 Å². The molecule has 2 aliphatic rings. The quantitative estimate of drug-likeness (QED) is 0.185. The summed E-state index contributed by atoms with van der Waals surface area (Å²) in [4.78, 5) is 35.8. The van der Waals surface area contributed by atoms with Crippen LogP contribution >= 0.6 is 0 Å². The molecule has 6 rings (SSSR count). The lowest BCUT2D eigenvalue weighted by Crippen LogP contribution is -2.38. The number of nitrogens with zero attached hydrogens (tertiary/aromatic N) is 5. The third kappa shape index (κ3) is 9.87. The van der Waals surface area contributed by atoms with Crippen molar-refractivity contribution in [3.8, 4) is 35.3 Å². The summed E-state index contributed by atoms with van der Waals surface area (Å²) in [5, 5.41) is 15.0. The number of pyridine rings is 2. The summed E-state index contributed by atoms with van der Waals surface area (Å²) in [6.45, 7) is 8.09. The molecule has 2 N–H and O–H groups in total. The molecule has 0 aliphatic carbocycles. The maximum atomic E-state index is 11.2. The van der Waals surface area contributed by atoms with E-state index in [0.29, 0.717) is 87.6 Å². The molecule has 2 aliphatic heterocycles. The van der Waals surface area contributed by atoms with Gasteiger partial charge in [0.15, 0.2) is 0 Å². The molecular weight excluding hydrogens is 666 g/mol. The third-order valence-electron chi connectivity index (χ3n) is 8.45. The van der Waals surface area contributed by atoms with Gasteiger partial charge in [0.25, 0.3) is 0 Å². The van der Waals surface area contributed by atoms with Crippen molar-refractivity contribution >= 4 is 11.8 Å². The van der Waals surface area contributed by atoms with E-state index in [9.17, 15) is 14.9 Å². The van der Waals surface area contributed by atoms with Gasteiger partial charge < -0.3 is 34.3 Å². The van der Waals surface area contributed by atoms with Crippen LogP contribution in [0.5, 0.6) is 29.3 Å². The van der Waals surface area contributed by atoms with E-state index in [1.54, 1.807) is 18.2 Å². The van der Waals surface area contributed by atoms with Crippen molar-refractivity contribution in [2.24, 2.45) is 0 Å². The van der Waals surface area contributed by atoms with E-state index < -0.39 is 0 Å². The Balaban J connectivity index is 1.13. The fourth-order valence-electron chi connectivity index (χ4n) is 5.76. The van der Waals surface area contributed by atoms with Crippen molar-refractivity contribution < 1.29 is 33.3 Å². The summed E-state index contributed by atoms with van der Waals surface area (Å²) < 4.78 is 30.4. The van der Waals surface area contributed by atoms with E-state index in [1.165, 1.54) is 13.8 Å². The zero-order chi connectivity index (χ0) is 36.3. The summed E-state index contributed by atoms with van der Waals surface area (Å²) in [5.41, 5.74) is 5.01. The molecule has 0 radical (unpaired) electrons. The summed E-state index contributed by atoms with van der Waals surface area (Å²) in [5.74, 6) is 2.34. The Hall–Kier alpha value is -5.91. The van der Waals surface area contributed by atoms with Crippen LogP contribution in [0, 0.1) is 11.3 Å². The first-order valence-corrected chi connectivity index (χ1v) is 17.0. The summed E-state index contributed by atoms with van der Waals surface area (Å²) in [6.07, 6.45) is 0. The summed E-state index contributed by atoms with van der Waals surface area (Å²) in [6, 6.07) is 22.6. The molecule has 52 heavy (non-hydrogen) atoms. The van der Waals surface area contributed by atoms with Crippen LogP contribution in [-0.2, 0) is 42.5 Å². The second kappa shape index (κ2) is 17.3. The molecule has 0 bridgehead atoms. The number of carbonyl (C=O) groups excluding carboxylic acids is 2. The Morgan fingerprint density at radius 3 is 1.81 bits per heavy atom. The average molecular weight is 708 g/mol. The highest BCUT2D eigenvalue weighted by atomic mass is 16.5. The van der Waals surface area contributed by atoms with Crippen molar-refractivity contribution in [3.63, 3.8) is 0 Å². The Morgan fingerprint density at radius 1 is 0.750 bits per heavy atom. The van der Waals surface area contributed by atoms with Crippen molar-refractivity contribution in [2.75, 3.05) is 39.6 Å². The predicted octanol–water partition coefficient (Wildman–Crippen LogP) is 3.66. The number of nitrogens with one attached hydrogen (secondary N) is 2. The van der Waals surface area contributed by atoms with Gasteiger partial charge in [-0.2, -0.15) is 15.2 Å². The lowest BCUT2D eigenvalue weighted by molar-refractivity contribution is -0.119. The highest BCUT2D eigenvalue weighted by molar-refractivity contribution is 5.73. The van der Waals surface area contributed by atoms with Crippen molar-refractivity contribution in [2.45, 2.75) is 46.8 Å². The van der Waals surface area contributed by atoms with Gasteiger partial charge in [-0.25, -0.2) is 0 Å². The lowest BCUT2D eigenvalue weighted by Gasteiger charge is -2.28. The first-order valence-electron chi connectivity index (χ1n) is 17.0. The Labute approximate surface area is 302 Å². The SMILES string of the molecule is CC(=O)NCCN1COc2nc(OCc3cccc(COc4ccc5c(n4)OCN(CCNC(C)=O)C5)c3COc3cccc(C#N)c3)ccc2C1. The van der Waals surface area contributed by atoms with Gasteiger partial charge in [-0.15, -0.1) is 0 Å². The van der Waals surface area contributed by atoms with Crippen molar-refractivity contribution in [1.82, 2.24) is 30.4 Å². The third-order valence-corrected chi connectivity index (χ3v) is 8.45. The van der Waals surface area contributed by atoms with Crippen LogP contribution in [0.1, 0.15) is 47.2 Å². The first kappa shape index (κ1) is 35.9. The highest BCUT2D eigenvalue weighted by Gasteiger charge is 2.21. The molecule has 2 amide bonds. The number of ether oxygens (including phenoxy) is 5. The van der Waals surface area contributed by atoms with E-state index in [0.717, 1.165) is 27.8 Å². The molecule has 14 nitrogen and oxygen atoms in total. The smallest absolute Gasteiger partial charge is 0.222 e. The molecule has 4 heterocycles. The Kier molecular flexibility index (Phi) is 12.0. The number of fused-ring (bicyclic) bond motifs is 2. The van der Waals surface area contributed by atoms with E-state index in [1.807, 2.05) is 48.5 Å². The lowest BCUT2D eigenvalue weighted by atomic mass is 10.0. The monoisotopic (exact) mass is 707 g/mol. The normalized spacial score (nSPS) is 13.7.